The van der Waals surface area contributed by atoms with Crippen LogP contribution >= 0.6 is 11.6 Å². The van der Waals surface area contributed by atoms with Crippen molar-refractivity contribution in [2.75, 3.05) is 0 Å². The van der Waals surface area contributed by atoms with Crippen molar-refractivity contribution in [3.05, 3.63) is 77.4 Å². The third-order valence-electron chi connectivity index (χ3n) is 3.99. The number of carbonyl (C=O) groups is 1. The Kier molecular flexibility index (Phi) is 3.75. The first kappa shape index (κ1) is 15.4. The van der Waals surface area contributed by atoms with Crippen LogP contribution in [0.4, 0.5) is 0 Å². The highest BCUT2D eigenvalue weighted by atomic mass is 35.5. The third kappa shape index (κ3) is 2.66. The number of aromatic nitrogens is 1. The van der Waals surface area contributed by atoms with Crippen LogP contribution in [0.5, 0.6) is 11.5 Å². The Morgan fingerprint density at radius 3 is 2.64 bits per heavy atom. The molecule has 0 spiro atoms. The fraction of sp³-hybridized carbons (Fsp3) is 0. The summed E-state index contributed by atoms with van der Waals surface area (Å²) in [6, 6.07) is 17.3. The Hall–Kier alpha value is -3.11. The van der Waals surface area contributed by atoms with Crippen molar-refractivity contribution < 1.29 is 14.6 Å². The van der Waals surface area contributed by atoms with Crippen molar-refractivity contribution in [1.82, 2.24) is 4.98 Å². The predicted molar refractivity (Wildman–Crippen MR) is 97.3 cm³/mol. The monoisotopic (exact) mass is 349 g/mol. The number of phenolic OH excluding ortho intramolecular Hbond substituents is 1. The lowest BCUT2D eigenvalue weighted by atomic mass is 10.0. The number of carbonyl (C=O) groups excluding carboxylic acids is 1. The van der Waals surface area contributed by atoms with Crippen LogP contribution in [0.25, 0.3) is 21.7 Å². The number of pyridine rings is 1. The van der Waals surface area contributed by atoms with Crippen molar-refractivity contribution in [3.8, 4) is 11.5 Å². The molecule has 0 aliphatic rings. The molecule has 0 aliphatic heterocycles. The zero-order valence-corrected chi connectivity index (χ0v) is 13.7. The summed E-state index contributed by atoms with van der Waals surface area (Å²) in [6.07, 6.45) is 1.60. The molecule has 0 atom stereocenters. The minimum absolute atomic E-state index is 0.122. The Morgan fingerprint density at radius 2 is 1.76 bits per heavy atom. The molecule has 0 saturated carbocycles. The van der Waals surface area contributed by atoms with E-state index in [0.717, 1.165) is 5.39 Å². The number of ether oxygens (including phenoxy) is 1. The largest absolute Gasteiger partial charge is 0.507 e. The molecular formula is C20H12ClNO3. The molecule has 25 heavy (non-hydrogen) atoms. The Balaban J connectivity index is 1.82. The van der Waals surface area contributed by atoms with Crippen LogP contribution in [-0.2, 0) is 0 Å². The summed E-state index contributed by atoms with van der Waals surface area (Å²) in [5, 5.41) is 12.9. The van der Waals surface area contributed by atoms with Gasteiger partial charge in [0.1, 0.15) is 16.8 Å². The maximum atomic E-state index is 12.7. The highest BCUT2D eigenvalue weighted by Gasteiger charge is 2.19. The van der Waals surface area contributed by atoms with Crippen LogP contribution in [0.15, 0.2) is 66.9 Å². The van der Waals surface area contributed by atoms with Crippen molar-refractivity contribution >= 4 is 39.2 Å². The number of aromatic hydroxyl groups is 1. The molecule has 4 rings (SSSR count). The number of benzene rings is 3. The molecule has 122 valence electrons. The molecule has 1 N–H and O–H groups in total. The molecule has 4 aromatic rings. The summed E-state index contributed by atoms with van der Waals surface area (Å²) in [7, 11) is 0. The van der Waals surface area contributed by atoms with Gasteiger partial charge in [0.25, 0.3) is 0 Å². The average Bonchev–Trinajstić information content (AvgIpc) is 2.64. The number of fused-ring (bicyclic) bond motifs is 2. The van der Waals surface area contributed by atoms with Gasteiger partial charge in [0.2, 0.25) is 0 Å². The van der Waals surface area contributed by atoms with Crippen LogP contribution in [-0.4, -0.2) is 16.1 Å². The maximum Gasteiger partial charge on any atom is 0.348 e. The molecule has 0 bridgehead atoms. The lowest BCUT2D eigenvalue weighted by Gasteiger charge is -2.11. The smallest absolute Gasteiger partial charge is 0.348 e. The number of nitrogens with zero attached hydrogens (tertiary/aromatic N) is 1. The number of rotatable bonds is 2. The summed E-state index contributed by atoms with van der Waals surface area (Å²) < 4.78 is 5.54. The number of hydrogen-bond donors (Lipinski definition) is 1. The molecule has 0 fully saturated rings. The number of phenols is 1. The molecule has 0 unspecified atom stereocenters. The highest BCUT2D eigenvalue weighted by molar-refractivity contribution is 6.35. The Morgan fingerprint density at radius 1 is 0.960 bits per heavy atom. The minimum atomic E-state index is -0.649. The third-order valence-corrected chi connectivity index (χ3v) is 4.32. The van der Waals surface area contributed by atoms with E-state index in [-0.39, 0.29) is 17.1 Å². The van der Waals surface area contributed by atoms with Crippen molar-refractivity contribution in [3.63, 3.8) is 0 Å². The van der Waals surface area contributed by atoms with Gasteiger partial charge in [0.15, 0.2) is 5.75 Å². The van der Waals surface area contributed by atoms with E-state index in [9.17, 15) is 9.90 Å². The zero-order chi connectivity index (χ0) is 17.4. The molecule has 5 heteroatoms. The van der Waals surface area contributed by atoms with E-state index in [1.807, 2.05) is 12.1 Å². The predicted octanol–water partition coefficient (Wildman–Crippen LogP) is 4.97. The maximum absolute atomic E-state index is 12.7. The quantitative estimate of drug-likeness (QED) is 0.410. The van der Waals surface area contributed by atoms with Gasteiger partial charge in [-0.1, -0.05) is 41.9 Å². The van der Waals surface area contributed by atoms with Gasteiger partial charge >= 0.3 is 5.97 Å². The van der Waals surface area contributed by atoms with Crippen molar-refractivity contribution in [2.24, 2.45) is 0 Å². The van der Waals surface area contributed by atoms with Crippen LogP contribution in [0, 0.1) is 0 Å². The van der Waals surface area contributed by atoms with E-state index < -0.39 is 5.97 Å². The van der Waals surface area contributed by atoms with Crippen molar-refractivity contribution in [2.45, 2.75) is 0 Å². The van der Waals surface area contributed by atoms with Gasteiger partial charge in [-0.05, 0) is 41.1 Å². The summed E-state index contributed by atoms with van der Waals surface area (Å²) in [6.45, 7) is 0. The fourth-order valence-electron chi connectivity index (χ4n) is 2.82. The number of esters is 1. The van der Waals surface area contributed by atoms with Crippen molar-refractivity contribution in [1.29, 1.82) is 0 Å². The van der Waals surface area contributed by atoms with E-state index >= 15 is 0 Å². The van der Waals surface area contributed by atoms with Gasteiger partial charge in [0.05, 0.1) is 5.02 Å². The van der Waals surface area contributed by atoms with E-state index in [0.29, 0.717) is 21.3 Å². The molecule has 0 aliphatic carbocycles. The zero-order valence-electron chi connectivity index (χ0n) is 12.9. The van der Waals surface area contributed by atoms with E-state index in [4.69, 9.17) is 16.3 Å². The van der Waals surface area contributed by atoms with Gasteiger partial charge in [0, 0.05) is 11.6 Å². The second kappa shape index (κ2) is 6.07. The van der Waals surface area contributed by atoms with Crippen LogP contribution in [0.2, 0.25) is 5.02 Å². The fourth-order valence-corrected chi connectivity index (χ4v) is 3.04. The first-order chi connectivity index (χ1) is 12.1. The lowest BCUT2D eigenvalue weighted by Crippen LogP contribution is -2.10. The first-order valence-corrected chi connectivity index (χ1v) is 7.99. The molecule has 1 heterocycles. The lowest BCUT2D eigenvalue weighted by molar-refractivity contribution is 0.0736. The van der Waals surface area contributed by atoms with Gasteiger partial charge < -0.3 is 9.84 Å². The highest BCUT2D eigenvalue weighted by Crippen LogP contribution is 2.32. The normalized spacial score (nSPS) is 10.9. The molecular weight excluding hydrogens is 338 g/mol. The minimum Gasteiger partial charge on any atom is -0.507 e. The summed E-state index contributed by atoms with van der Waals surface area (Å²) in [5.74, 6) is -0.490. The number of halogens is 1. The summed E-state index contributed by atoms with van der Waals surface area (Å²) in [4.78, 5) is 17.0. The second-order valence-electron chi connectivity index (χ2n) is 5.52. The van der Waals surface area contributed by atoms with E-state index in [1.54, 1.807) is 48.7 Å². The summed E-state index contributed by atoms with van der Waals surface area (Å²) in [5.41, 5.74) is 0.611. The number of hydrogen-bond acceptors (Lipinski definition) is 4. The molecule has 0 radical (unpaired) electrons. The molecule has 3 aromatic carbocycles. The van der Waals surface area contributed by atoms with Gasteiger partial charge in [-0.15, -0.1) is 0 Å². The Bertz CT molecular complexity index is 1120. The van der Waals surface area contributed by atoms with Gasteiger partial charge in [-0.3, -0.25) is 4.98 Å². The van der Waals surface area contributed by atoms with Gasteiger partial charge in [-0.2, -0.15) is 0 Å². The molecule has 4 nitrogen and oxygen atoms in total. The van der Waals surface area contributed by atoms with E-state index in [1.165, 1.54) is 6.07 Å². The molecule has 1 aromatic heterocycles. The van der Waals surface area contributed by atoms with Gasteiger partial charge in [-0.25, -0.2) is 4.79 Å². The van der Waals surface area contributed by atoms with Crippen LogP contribution < -0.4 is 4.74 Å². The Labute approximate surface area is 148 Å². The van der Waals surface area contributed by atoms with E-state index in [2.05, 4.69) is 4.98 Å². The SMILES string of the molecule is O=C(Oc1ccc(Cl)c2cccnc12)c1c(O)ccc2ccccc12. The molecule has 0 amide bonds. The second-order valence-corrected chi connectivity index (χ2v) is 5.92. The molecule has 0 saturated heterocycles. The van der Waals surface area contributed by atoms with Crippen LogP contribution in [0.1, 0.15) is 10.4 Å². The van der Waals surface area contributed by atoms with Crippen LogP contribution in [0.3, 0.4) is 0 Å². The standard InChI is InChI=1S/C20H12ClNO3/c21-15-8-10-17(19-14(15)6-3-11-22-19)25-20(24)18-13-5-2-1-4-12(13)7-9-16(18)23/h1-11,23H. The topological polar surface area (TPSA) is 59.4 Å². The first-order valence-electron chi connectivity index (χ1n) is 7.61. The average molecular weight is 350 g/mol. The summed E-state index contributed by atoms with van der Waals surface area (Å²) >= 11 is 6.17.